The van der Waals surface area contributed by atoms with Crippen molar-refractivity contribution in [1.82, 2.24) is 13.8 Å². The topological polar surface area (TPSA) is 103 Å². The molecule has 0 atom stereocenters. The van der Waals surface area contributed by atoms with Crippen molar-refractivity contribution in [1.29, 1.82) is 5.26 Å². The number of pyridine rings is 1. The van der Waals surface area contributed by atoms with Crippen LogP contribution in [-0.4, -0.2) is 47.7 Å². The Morgan fingerprint density at radius 2 is 1.81 bits per heavy atom. The van der Waals surface area contributed by atoms with Crippen molar-refractivity contribution in [3.8, 4) is 6.07 Å². The van der Waals surface area contributed by atoms with Gasteiger partial charge in [0.1, 0.15) is 6.54 Å². The number of carbonyl (C=O) groups is 1. The van der Waals surface area contributed by atoms with Crippen molar-refractivity contribution in [2.45, 2.75) is 31.8 Å². The van der Waals surface area contributed by atoms with Gasteiger partial charge in [-0.25, -0.2) is 8.42 Å². The van der Waals surface area contributed by atoms with Gasteiger partial charge in [-0.1, -0.05) is 32.1 Å². The molecule has 164 valence electrons. The quantitative estimate of drug-likeness (QED) is 0.523. The van der Waals surface area contributed by atoms with E-state index in [2.05, 4.69) is 6.58 Å². The van der Waals surface area contributed by atoms with E-state index in [1.54, 1.807) is 44.2 Å². The standard InChI is InChI=1S/C22H26N4O4S/c1-4-13-24(15-19-9-7-18(14-23)8-10-19)22(28)17-25-16-20(11-12-21(25)27)31(29,30)26(5-2)6-3/h4,7-12,16H,1,5-6,13,15,17H2,2-3H3. The maximum atomic E-state index is 12.9. The first-order valence-corrected chi connectivity index (χ1v) is 11.3. The smallest absolute Gasteiger partial charge is 0.251 e. The molecule has 0 fully saturated rings. The van der Waals surface area contributed by atoms with E-state index in [1.165, 1.54) is 21.5 Å². The largest absolute Gasteiger partial charge is 0.333 e. The van der Waals surface area contributed by atoms with Crippen molar-refractivity contribution in [2.24, 2.45) is 0 Å². The summed E-state index contributed by atoms with van der Waals surface area (Å²) in [6.45, 7) is 7.96. The molecule has 0 saturated carbocycles. The minimum atomic E-state index is -3.76. The molecule has 0 aliphatic rings. The van der Waals surface area contributed by atoms with Gasteiger partial charge in [0, 0.05) is 38.4 Å². The summed E-state index contributed by atoms with van der Waals surface area (Å²) in [5.74, 6) is -0.358. The first-order chi connectivity index (χ1) is 14.8. The summed E-state index contributed by atoms with van der Waals surface area (Å²) in [4.78, 5) is 26.7. The summed E-state index contributed by atoms with van der Waals surface area (Å²) in [6, 6.07) is 11.3. The van der Waals surface area contributed by atoms with Crippen LogP contribution in [0.25, 0.3) is 0 Å². The molecule has 0 radical (unpaired) electrons. The van der Waals surface area contributed by atoms with E-state index in [-0.39, 0.29) is 30.4 Å². The molecular formula is C22H26N4O4S. The summed E-state index contributed by atoms with van der Waals surface area (Å²) in [5.41, 5.74) is 0.867. The Kier molecular flexibility index (Phi) is 8.30. The highest BCUT2D eigenvalue weighted by Gasteiger charge is 2.23. The number of rotatable bonds is 10. The third-order valence-corrected chi connectivity index (χ3v) is 6.80. The molecule has 0 spiro atoms. The van der Waals surface area contributed by atoms with Gasteiger partial charge in [0.2, 0.25) is 15.9 Å². The van der Waals surface area contributed by atoms with Crippen LogP contribution in [0.3, 0.4) is 0 Å². The number of nitrogens with zero attached hydrogens (tertiary/aromatic N) is 4. The van der Waals surface area contributed by atoms with Gasteiger partial charge in [-0.05, 0) is 23.8 Å². The Bertz CT molecular complexity index is 1130. The average molecular weight is 443 g/mol. The van der Waals surface area contributed by atoms with Crippen molar-refractivity contribution in [2.75, 3.05) is 19.6 Å². The minimum Gasteiger partial charge on any atom is -0.333 e. The number of aromatic nitrogens is 1. The van der Waals surface area contributed by atoms with E-state index in [9.17, 15) is 18.0 Å². The van der Waals surface area contributed by atoms with Crippen molar-refractivity contribution < 1.29 is 13.2 Å². The fourth-order valence-corrected chi connectivity index (χ4v) is 4.54. The summed E-state index contributed by atoms with van der Waals surface area (Å²) >= 11 is 0. The van der Waals surface area contributed by atoms with Gasteiger partial charge in [0.05, 0.1) is 16.5 Å². The molecule has 31 heavy (non-hydrogen) atoms. The van der Waals surface area contributed by atoms with Gasteiger partial charge in [0.15, 0.2) is 0 Å². The first-order valence-electron chi connectivity index (χ1n) is 9.85. The van der Waals surface area contributed by atoms with E-state index in [0.717, 1.165) is 16.2 Å². The molecule has 8 nitrogen and oxygen atoms in total. The molecule has 1 aromatic heterocycles. The van der Waals surface area contributed by atoms with Crippen LogP contribution in [0, 0.1) is 11.3 Å². The molecule has 9 heteroatoms. The van der Waals surface area contributed by atoms with E-state index >= 15 is 0 Å². The first kappa shape index (κ1) is 24.1. The Morgan fingerprint density at radius 1 is 1.16 bits per heavy atom. The van der Waals surface area contributed by atoms with Crippen LogP contribution in [0.1, 0.15) is 25.0 Å². The predicted molar refractivity (Wildman–Crippen MR) is 118 cm³/mol. The van der Waals surface area contributed by atoms with Crippen LogP contribution in [0.2, 0.25) is 0 Å². The molecule has 0 N–H and O–H groups in total. The molecule has 1 heterocycles. The lowest BCUT2D eigenvalue weighted by molar-refractivity contribution is -0.132. The highest BCUT2D eigenvalue weighted by molar-refractivity contribution is 7.89. The molecule has 0 unspecified atom stereocenters. The van der Waals surface area contributed by atoms with Crippen LogP contribution in [0.15, 0.2) is 64.9 Å². The fourth-order valence-electron chi connectivity index (χ4n) is 3.06. The molecule has 1 aromatic carbocycles. The fraction of sp³-hybridized carbons (Fsp3) is 0.318. The monoisotopic (exact) mass is 442 g/mol. The van der Waals surface area contributed by atoms with E-state index in [0.29, 0.717) is 18.7 Å². The zero-order chi connectivity index (χ0) is 23.0. The molecule has 0 aliphatic carbocycles. The van der Waals surface area contributed by atoms with Crippen LogP contribution >= 0.6 is 0 Å². The van der Waals surface area contributed by atoms with E-state index in [1.807, 2.05) is 6.07 Å². The lowest BCUT2D eigenvalue weighted by Gasteiger charge is -2.22. The van der Waals surface area contributed by atoms with Crippen LogP contribution < -0.4 is 5.56 Å². The number of nitriles is 1. The second kappa shape index (κ2) is 10.7. The predicted octanol–water partition coefficient (Wildman–Crippen LogP) is 1.97. The number of amides is 1. The summed E-state index contributed by atoms with van der Waals surface area (Å²) in [5, 5.41) is 8.91. The zero-order valence-corrected chi connectivity index (χ0v) is 18.5. The summed E-state index contributed by atoms with van der Waals surface area (Å²) < 4.78 is 27.9. The zero-order valence-electron chi connectivity index (χ0n) is 17.7. The summed E-state index contributed by atoms with van der Waals surface area (Å²) in [6.07, 6.45) is 2.78. The summed E-state index contributed by atoms with van der Waals surface area (Å²) in [7, 11) is -3.76. The maximum Gasteiger partial charge on any atom is 0.251 e. The molecular weight excluding hydrogens is 416 g/mol. The van der Waals surface area contributed by atoms with Crippen molar-refractivity contribution in [3.63, 3.8) is 0 Å². The Balaban J connectivity index is 2.28. The minimum absolute atomic E-state index is 0.0361. The SMILES string of the molecule is C=CCN(Cc1ccc(C#N)cc1)C(=O)Cn1cc(S(=O)(=O)N(CC)CC)ccc1=O. The number of hydrogen-bond donors (Lipinski definition) is 0. The lowest BCUT2D eigenvalue weighted by Crippen LogP contribution is -2.37. The second-order valence-corrected chi connectivity index (χ2v) is 8.73. The van der Waals surface area contributed by atoms with Crippen LogP contribution in [-0.2, 0) is 27.9 Å². The third-order valence-electron chi connectivity index (χ3n) is 4.76. The highest BCUT2D eigenvalue weighted by Crippen LogP contribution is 2.14. The second-order valence-electron chi connectivity index (χ2n) is 6.79. The Morgan fingerprint density at radius 3 is 2.35 bits per heavy atom. The van der Waals surface area contributed by atoms with Gasteiger partial charge < -0.3 is 9.47 Å². The van der Waals surface area contributed by atoms with Crippen molar-refractivity contribution in [3.05, 3.63) is 76.7 Å². The van der Waals surface area contributed by atoms with E-state index in [4.69, 9.17) is 5.26 Å². The Labute approximate surface area is 182 Å². The Hall–Kier alpha value is -3.22. The molecule has 2 rings (SSSR count). The lowest BCUT2D eigenvalue weighted by atomic mass is 10.1. The molecule has 1 amide bonds. The van der Waals surface area contributed by atoms with Gasteiger partial charge in [-0.2, -0.15) is 9.57 Å². The van der Waals surface area contributed by atoms with Crippen molar-refractivity contribution >= 4 is 15.9 Å². The van der Waals surface area contributed by atoms with Gasteiger partial charge in [0.25, 0.3) is 5.56 Å². The molecule has 0 aliphatic heterocycles. The van der Waals surface area contributed by atoms with Gasteiger partial charge in [-0.15, -0.1) is 6.58 Å². The molecule has 2 aromatic rings. The molecule has 0 saturated heterocycles. The normalized spacial score (nSPS) is 11.2. The number of hydrogen-bond acceptors (Lipinski definition) is 5. The third kappa shape index (κ3) is 5.90. The van der Waals surface area contributed by atoms with Crippen LogP contribution in [0.5, 0.6) is 0 Å². The van der Waals surface area contributed by atoms with Gasteiger partial charge in [-0.3, -0.25) is 9.59 Å². The van der Waals surface area contributed by atoms with Gasteiger partial charge >= 0.3 is 0 Å². The highest BCUT2D eigenvalue weighted by atomic mass is 32.2. The number of benzene rings is 1. The number of carbonyl (C=O) groups excluding carboxylic acids is 1. The van der Waals surface area contributed by atoms with Crippen LogP contribution in [0.4, 0.5) is 0 Å². The molecule has 0 bridgehead atoms. The number of sulfonamides is 1. The maximum absolute atomic E-state index is 12.9. The average Bonchev–Trinajstić information content (AvgIpc) is 2.76. The van der Waals surface area contributed by atoms with E-state index < -0.39 is 15.6 Å².